The topological polar surface area (TPSA) is 57.5 Å². The number of aromatic carboxylic acids is 1. The van der Waals surface area contributed by atoms with Crippen LogP contribution in [-0.4, -0.2) is 16.2 Å². The highest BCUT2D eigenvalue weighted by molar-refractivity contribution is 5.94. The van der Waals surface area contributed by atoms with Gasteiger partial charge >= 0.3 is 5.97 Å². The molecule has 0 aliphatic carbocycles. The van der Waals surface area contributed by atoms with Crippen molar-refractivity contribution in [2.45, 2.75) is 45.6 Å². The van der Waals surface area contributed by atoms with E-state index in [1.165, 1.54) is 5.56 Å². The Bertz CT molecular complexity index is 986. The van der Waals surface area contributed by atoms with Crippen molar-refractivity contribution in [1.29, 1.82) is 0 Å². The van der Waals surface area contributed by atoms with Gasteiger partial charge in [-0.2, -0.15) is 0 Å². The van der Waals surface area contributed by atoms with E-state index in [9.17, 15) is 9.90 Å². The lowest BCUT2D eigenvalue weighted by Gasteiger charge is -2.21. The molecule has 0 spiro atoms. The van der Waals surface area contributed by atoms with Gasteiger partial charge in [0.25, 0.3) is 0 Å². The smallest absolute Gasteiger partial charge is 0.335 e. The normalized spacial score (nSPS) is 12.7. The molecule has 0 aliphatic heterocycles. The van der Waals surface area contributed by atoms with Crippen LogP contribution < -0.4 is 0 Å². The van der Waals surface area contributed by atoms with E-state index in [0.717, 1.165) is 27.5 Å². The molecular formula is C24H26O3. The molecule has 0 saturated carbocycles. The fraction of sp³-hybridized carbons (Fsp3) is 0.292. The van der Waals surface area contributed by atoms with Gasteiger partial charge in [-0.25, -0.2) is 4.79 Å². The average molecular weight is 362 g/mol. The summed E-state index contributed by atoms with van der Waals surface area (Å²) in [7, 11) is 0. The SMILES string of the molecule is CC(C)c1ccc(C(O)c2ccc3cc(C(=O)O)ccc3c2)c(C(C)C)c1. The molecule has 0 saturated heterocycles. The Balaban J connectivity index is 2.03. The van der Waals surface area contributed by atoms with Crippen LogP contribution in [0.15, 0.2) is 54.6 Å². The van der Waals surface area contributed by atoms with Crippen LogP contribution >= 0.6 is 0 Å². The number of aliphatic hydroxyl groups excluding tert-OH is 1. The van der Waals surface area contributed by atoms with Crippen LogP contribution in [0.3, 0.4) is 0 Å². The molecule has 0 bridgehead atoms. The number of carboxylic acids is 1. The minimum absolute atomic E-state index is 0.266. The molecular weight excluding hydrogens is 336 g/mol. The Hall–Kier alpha value is -2.65. The van der Waals surface area contributed by atoms with Gasteiger partial charge in [-0.15, -0.1) is 0 Å². The van der Waals surface area contributed by atoms with Crippen LogP contribution in [0.25, 0.3) is 10.8 Å². The first-order valence-corrected chi connectivity index (χ1v) is 9.36. The number of benzene rings is 3. The second-order valence-corrected chi connectivity index (χ2v) is 7.73. The van der Waals surface area contributed by atoms with E-state index in [1.54, 1.807) is 18.2 Å². The third-order valence-electron chi connectivity index (χ3n) is 5.12. The molecule has 2 N–H and O–H groups in total. The van der Waals surface area contributed by atoms with Gasteiger partial charge in [0.2, 0.25) is 0 Å². The summed E-state index contributed by atoms with van der Waals surface area (Å²) in [6.07, 6.45) is -0.716. The quantitative estimate of drug-likeness (QED) is 0.597. The predicted molar refractivity (Wildman–Crippen MR) is 110 cm³/mol. The van der Waals surface area contributed by atoms with E-state index in [-0.39, 0.29) is 5.56 Å². The maximum Gasteiger partial charge on any atom is 0.335 e. The van der Waals surface area contributed by atoms with Gasteiger partial charge in [0.05, 0.1) is 5.56 Å². The fourth-order valence-corrected chi connectivity index (χ4v) is 3.45. The first kappa shape index (κ1) is 19.1. The van der Waals surface area contributed by atoms with Gasteiger partial charge < -0.3 is 10.2 Å². The molecule has 1 atom stereocenters. The Morgan fingerprint density at radius 3 is 2.00 bits per heavy atom. The minimum atomic E-state index is -0.937. The van der Waals surface area contributed by atoms with Crippen molar-refractivity contribution in [2.24, 2.45) is 0 Å². The Morgan fingerprint density at radius 2 is 1.37 bits per heavy atom. The minimum Gasteiger partial charge on any atom is -0.478 e. The summed E-state index contributed by atoms with van der Waals surface area (Å²) in [5.74, 6) is -0.183. The van der Waals surface area contributed by atoms with Crippen molar-refractivity contribution in [2.75, 3.05) is 0 Å². The number of aliphatic hydroxyl groups is 1. The Morgan fingerprint density at radius 1 is 0.741 bits per heavy atom. The van der Waals surface area contributed by atoms with Crippen LogP contribution in [0.2, 0.25) is 0 Å². The van der Waals surface area contributed by atoms with Crippen LogP contribution in [-0.2, 0) is 0 Å². The van der Waals surface area contributed by atoms with E-state index in [2.05, 4.69) is 39.8 Å². The first-order chi connectivity index (χ1) is 12.8. The molecule has 3 nitrogen and oxygen atoms in total. The van der Waals surface area contributed by atoms with Gasteiger partial charge in [0.15, 0.2) is 0 Å². The summed E-state index contributed by atoms with van der Waals surface area (Å²) in [5, 5.41) is 22.0. The molecule has 0 amide bonds. The third kappa shape index (κ3) is 3.88. The number of carboxylic acid groups (broad SMARTS) is 1. The van der Waals surface area contributed by atoms with Crippen LogP contribution in [0.5, 0.6) is 0 Å². The number of carbonyl (C=O) groups is 1. The highest BCUT2D eigenvalue weighted by Crippen LogP contribution is 2.33. The van der Waals surface area contributed by atoms with E-state index in [4.69, 9.17) is 5.11 Å². The number of fused-ring (bicyclic) bond motifs is 1. The zero-order chi connectivity index (χ0) is 19.7. The Labute approximate surface area is 160 Å². The maximum atomic E-state index is 11.1. The van der Waals surface area contributed by atoms with Gasteiger partial charge in [-0.3, -0.25) is 0 Å². The molecule has 0 aliphatic rings. The summed E-state index contributed by atoms with van der Waals surface area (Å²) in [6, 6.07) is 17.1. The summed E-state index contributed by atoms with van der Waals surface area (Å²) in [5.41, 5.74) is 4.44. The van der Waals surface area contributed by atoms with Gasteiger partial charge in [-0.05, 0) is 63.1 Å². The molecule has 140 valence electrons. The van der Waals surface area contributed by atoms with Crippen molar-refractivity contribution in [3.8, 4) is 0 Å². The molecule has 0 fully saturated rings. The predicted octanol–water partition coefficient (Wildman–Crippen LogP) is 5.87. The fourth-order valence-electron chi connectivity index (χ4n) is 3.45. The zero-order valence-corrected chi connectivity index (χ0v) is 16.2. The van der Waals surface area contributed by atoms with Crippen LogP contribution in [0.1, 0.15) is 78.2 Å². The van der Waals surface area contributed by atoms with Gasteiger partial charge in [0, 0.05) is 0 Å². The molecule has 3 aromatic carbocycles. The van der Waals surface area contributed by atoms with Crippen molar-refractivity contribution in [1.82, 2.24) is 0 Å². The lowest BCUT2D eigenvalue weighted by Crippen LogP contribution is -2.06. The standard InChI is InChI=1S/C24H26O3/c1-14(2)16-9-10-21(22(13-16)15(3)4)23(25)19-7-5-18-12-20(24(26)27)8-6-17(18)11-19/h5-15,23,25H,1-4H3,(H,26,27). The lowest BCUT2D eigenvalue weighted by molar-refractivity contribution is 0.0697. The molecule has 3 heteroatoms. The van der Waals surface area contributed by atoms with Crippen LogP contribution in [0.4, 0.5) is 0 Å². The average Bonchev–Trinajstić information content (AvgIpc) is 2.65. The third-order valence-corrected chi connectivity index (χ3v) is 5.12. The summed E-state index contributed by atoms with van der Waals surface area (Å²) in [6.45, 7) is 8.63. The molecule has 3 rings (SSSR count). The monoisotopic (exact) mass is 362 g/mol. The van der Waals surface area contributed by atoms with Crippen molar-refractivity contribution in [3.63, 3.8) is 0 Å². The second-order valence-electron chi connectivity index (χ2n) is 7.73. The van der Waals surface area contributed by atoms with Crippen molar-refractivity contribution >= 4 is 16.7 Å². The molecule has 0 heterocycles. The first-order valence-electron chi connectivity index (χ1n) is 9.36. The number of hydrogen-bond acceptors (Lipinski definition) is 2. The van der Waals surface area contributed by atoms with Crippen LogP contribution in [0, 0.1) is 0 Å². The number of rotatable bonds is 5. The van der Waals surface area contributed by atoms with E-state index < -0.39 is 12.1 Å². The second kappa shape index (κ2) is 7.53. The molecule has 0 aromatic heterocycles. The summed E-state index contributed by atoms with van der Waals surface area (Å²) < 4.78 is 0. The summed E-state index contributed by atoms with van der Waals surface area (Å²) in [4.78, 5) is 11.1. The molecule has 27 heavy (non-hydrogen) atoms. The van der Waals surface area contributed by atoms with Gasteiger partial charge in [-0.1, -0.05) is 64.1 Å². The zero-order valence-electron chi connectivity index (χ0n) is 16.2. The van der Waals surface area contributed by atoms with Crippen molar-refractivity contribution < 1.29 is 15.0 Å². The molecule has 0 radical (unpaired) electrons. The maximum absolute atomic E-state index is 11.1. The molecule has 3 aromatic rings. The van der Waals surface area contributed by atoms with E-state index in [0.29, 0.717) is 11.8 Å². The largest absolute Gasteiger partial charge is 0.478 e. The van der Waals surface area contributed by atoms with Gasteiger partial charge in [0.1, 0.15) is 6.10 Å². The lowest BCUT2D eigenvalue weighted by atomic mass is 9.87. The highest BCUT2D eigenvalue weighted by Gasteiger charge is 2.18. The Kier molecular flexibility index (Phi) is 5.33. The van der Waals surface area contributed by atoms with E-state index in [1.807, 2.05) is 24.3 Å². The highest BCUT2D eigenvalue weighted by atomic mass is 16.4. The molecule has 1 unspecified atom stereocenters. The summed E-state index contributed by atoms with van der Waals surface area (Å²) >= 11 is 0. The van der Waals surface area contributed by atoms with E-state index >= 15 is 0 Å². The number of hydrogen-bond donors (Lipinski definition) is 2. The van der Waals surface area contributed by atoms with Crippen molar-refractivity contribution in [3.05, 3.63) is 82.4 Å².